The molecule has 0 atom stereocenters. The zero-order valence-electron chi connectivity index (χ0n) is 23.2. The second kappa shape index (κ2) is 10.8. The zero-order valence-corrected chi connectivity index (χ0v) is 24.0. The molecule has 0 bridgehead atoms. The summed E-state index contributed by atoms with van der Waals surface area (Å²) in [6.07, 6.45) is 0. The molecule has 0 aliphatic carbocycles. The Morgan fingerprint density at radius 2 is 0.698 bits per heavy atom. The first-order chi connectivity index (χ1) is 21.3. The number of hydrogen-bond acceptors (Lipinski definition) is 4. The van der Waals surface area contributed by atoms with E-state index in [0.29, 0.717) is 17.5 Å². The summed E-state index contributed by atoms with van der Waals surface area (Å²) in [5, 5.41) is 2.54. The van der Waals surface area contributed by atoms with Crippen molar-refractivity contribution in [1.29, 1.82) is 0 Å². The summed E-state index contributed by atoms with van der Waals surface area (Å²) in [6, 6.07) is 52.8. The van der Waals surface area contributed by atoms with Crippen molar-refractivity contribution in [3.05, 3.63) is 152 Å². The SMILES string of the molecule is c1ccc(-c2ccc(-c3ccc(-c4nc(-c5ccccc5)nc(-c5ccc6c(c5)sc5ccccc56)n4)cc3)cc2)cc1. The van der Waals surface area contributed by atoms with Gasteiger partial charge < -0.3 is 0 Å². The number of nitrogens with zero attached hydrogens (tertiary/aromatic N) is 3. The van der Waals surface area contributed by atoms with Crippen molar-refractivity contribution in [2.45, 2.75) is 0 Å². The highest BCUT2D eigenvalue weighted by Gasteiger charge is 2.14. The van der Waals surface area contributed by atoms with Crippen molar-refractivity contribution in [3.8, 4) is 56.4 Å². The average Bonchev–Trinajstić information content (AvgIpc) is 3.47. The molecule has 0 aliphatic heterocycles. The average molecular weight is 568 g/mol. The van der Waals surface area contributed by atoms with Crippen LogP contribution in [0.5, 0.6) is 0 Å². The van der Waals surface area contributed by atoms with Crippen molar-refractivity contribution in [2.75, 3.05) is 0 Å². The highest BCUT2D eigenvalue weighted by molar-refractivity contribution is 7.25. The summed E-state index contributed by atoms with van der Waals surface area (Å²) in [5.74, 6) is 1.99. The Kier molecular flexibility index (Phi) is 6.32. The summed E-state index contributed by atoms with van der Waals surface area (Å²) < 4.78 is 2.51. The van der Waals surface area contributed by atoms with Gasteiger partial charge in [-0.25, -0.2) is 15.0 Å². The lowest BCUT2D eigenvalue weighted by atomic mass is 9.99. The van der Waals surface area contributed by atoms with E-state index in [9.17, 15) is 0 Å². The lowest BCUT2D eigenvalue weighted by Gasteiger charge is -2.09. The van der Waals surface area contributed by atoms with E-state index in [1.54, 1.807) is 11.3 Å². The molecule has 202 valence electrons. The van der Waals surface area contributed by atoms with Crippen LogP contribution in [0.1, 0.15) is 0 Å². The minimum atomic E-state index is 0.659. The van der Waals surface area contributed by atoms with Gasteiger partial charge in [-0.2, -0.15) is 0 Å². The Labute approximate surface area is 253 Å². The summed E-state index contributed by atoms with van der Waals surface area (Å²) in [6.45, 7) is 0. The predicted molar refractivity (Wildman–Crippen MR) is 180 cm³/mol. The zero-order chi connectivity index (χ0) is 28.6. The van der Waals surface area contributed by atoms with Crippen LogP contribution in [0.2, 0.25) is 0 Å². The van der Waals surface area contributed by atoms with Gasteiger partial charge in [-0.05, 0) is 34.4 Å². The van der Waals surface area contributed by atoms with Gasteiger partial charge in [-0.1, -0.05) is 140 Å². The lowest BCUT2D eigenvalue weighted by molar-refractivity contribution is 1.07. The molecule has 43 heavy (non-hydrogen) atoms. The Morgan fingerprint density at radius 1 is 0.302 bits per heavy atom. The van der Waals surface area contributed by atoms with Gasteiger partial charge in [0, 0.05) is 36.9 Å². The highest BCUT2D eigenvalue weighted by Crippen LogP contribution is 2.36. The molecule has 8 rings (SSSR count). The Bertz CT molecular complexity index is 2200. The molecule has 2 aromatic heterocycles. The third kappa shape index (κ3) is 4.88. The van der Waals surface area contributed by atoms with Gasteiger partial charge in [0.05, 0.1) is 0 Å². The van der Waals surface area contributed by atoms with Crippen LogP contribution in [0.25, 0.3) is 76.6 Å². The van der Waals surface area contributed by atoms with Crippen molar-refractivity contribution in [1.82, 2.24) is 15.0 Å². The summed E-state index contributed by atoms with van der Waals surface area (Å²) in [4.78, 5) is 14.9. The van der Waals surface area contributed by atoms with Gasteiger partial charge in [-0.3, -0.25) is 0 Å². The first kappa shape index (κ1) is 25.3. The van der Waals surface area contributed by atoms with Gasteiger partial charge in [0.1, 0.15) is 0 Å². The van der Waals surface area contributed by atoms with E-state index in [1.807, 2.05) is 36.4 Å². The van der Waals surface area contributed by atoms with Crippen LogP contribution in [-0.4, -0.2) is 15.0 Å². The molecule has 2 heterocycles. The molecule has 0 amide bonds. The maximum absolute atomic E-state index is 4.99. The molecule has 0 fully saturated rings. The van der Waals surface area contributed by atoms with E-state index < -0.39 is 0 Å². The third-order valence-electron chi connectivity index (χ3n) is 7.77. The first-order valence-corrected chi connectivity index (χ1v) is 15.1. The number of aromatic nitrogens is 3. The van der Waals surface area contributed by atoms with Crippen molar-refractivity contribution >= 4 is 31.5 Å². The molecular weight excluding hydrogens is 543 g/mol. The van der Waals surface area contributed by atoms with Crippen molar-refractivity contribution < 1.29 is 0 Å². The number of benzene rings is 6. The number of fused-ring (bicyclic) bond motifs is 3. The maximum Gasteiger partial charge on any atom is 0.164 e. The molecule has 3 nitrogen and oxygen atoms in total. The fraction of sp³-hybridized carbons (Fsp3) is 0. The lowest BCUT2D eigenvalue weighted by Crippen LogP contribution is -2.00. The minimum absolute atomic E-state index is 0.659. The quantitative estimate of drug-likeness (QED) is 0.208. The first-order valence-electron chi connectivity index (χ1n) is 14.3. The van der Waals surface area contributed by atoms with Crippen molar-refractivity contribution in [3.63, 3.8) is 0 Å². The topological polar surface area (TPSA) is 38.7 Å². The molecule has 0 unspecified atom stereocenters. The number of thiophene rings is 1. The molecule has 0 aliphatic rings. The van der Waals surface area contributed by atoms with Crippen LogP contribution in [-0.2, 0) is 0 Å². The number of hydrogen-bond donors (Lipinski definition) is 0. The normalized spacial score (nSPS) is 11.3. The van der Waals surface area contributed by atoms with Crippen LogP contribution in [0.4, 0.5) is 0 Å². The van der Waals surface area contributed by atoms with Gasteiger partial charge in [0.2, 0.25) is 0 Å². The second-order valence-corrected chi connectivity index (χ2v) is 11.6. The van der Waals surface area contributed by atoms with E-state index in [1.165, 1.54) is 36.9 Å². The van der Waals surface area contributed by atoms with E-state index in [2.05, 4.69) is 115 Å². The molecule has 6 aromatic carbocycles. The van der Waals surface area contributed by atoms with Crippen LogP contribution in [0, 0.1) is 0 Å². The second-order valence-electron chi connectivity index (χ2n) is 10.5. The Morgan fingerprint density at radius 3 is 1.30 bits per heavy atom. The van der Waals surface area contributed by atoms with Gasteiger partial charge in [-0.15, -0.1) is 11.3 Å². The Hall–Kier alpha value is -5.45. The van der Waals surface area contributed by atoms with Crippen LogP contribution in [0.15, 0.2) is 152 Å². The molecule has 0 spiro atoms. The minimum Gasteiger partial charge on any atom is -0.208 e. The predicted octanol–water partition coefficient (Wildman–Crippen LogP) is 10.6. The fourth-order valence-corrected chi connectivity index (χ4v) is 6.66. The van der Waals surface area contributed by atoms with Crippen LogP contribution < -0.4 is 0 Å². The standard InChI is InChI=1S/C39H25N3S/c1-3-9-26(10-4-1)27-15-17-28(18-16-27)29-19-21-31(22-20-29)38-40-37(30-11-5-2-6-12-30)41-39(42-38)32-23-24-34-33-13-7-8-14-35(33)43-36(34)25-32/h1-25H. The van der Waals surface area contributed by atoms with Crippen LogP contribution >= 0.6 is 11.3 Å². The van der Waals surface area contributed by atoms with Crippen molar-refractivity contribution in [2.24, 2.45) is 0 Å². The molecular formula is C39H25N3S. The summed E-state index contributed by atoms with van der Waals surface area (Å²) in [7, 11) is 0. The fourth-order valence-electron chi connectivity index (χ4n) is 5.51. The highest BCUT2D eigenvalue weighted by atomic mass is 32.1. The van der Waals surface area contributed by atoms with E-state index in [-0.39, 0.29) is 0 Å². The molecule has 8 aromatic rings. The molecule has 0 N–H and O–H groups in total. The van der Waals surface area contributed by atoms with Crippen LogP contribution in [0.3, 0.4) is 0 Å². The van der Waals surface area contributed by atoms with Gasteiger partial charge >= 0.3 is 0 Å². The monoisotopic (exact) mass is 567 g/mol. The number of rotatable bonds is 5. The van der Waals surface area contributed by atoms with E-state index in [0.717, 1.165) is 22.3 Å². The smallest absolute Gasteiger partial charge is 0.164 e. The molecule has 0 saturated carbocycles. The van der Waals surface area contributed by atoms with Gasteiger partial charge in [0.25, 0.3) is 0 Å². The Balaban J connectivity index is 1.17. The molecule has 4 heteroatoms. The third-order valence-corrected chi connectivity index (χ3v) is 8.91. The maximum atomic E-state index is 4.99. The summed E-state index contributed by atoms with van der Waals surface area (Å²) >= 11 is 1.80. The largest absolute Gasteiger partial charge is 0.208 e. The molecule has 0 radical (unpaired) electrons. The molecule has 0 saturated heterocycles. The summed E-state index contributed by atoms with van der Waals surface area (Å²) in [5.41, 5.74) is 7.64. The van der Waals surface area contributed by atoms with E-state index in [4.69, 9.17) is 15.0 Å². The van der Waals surface area contributed by atoms with Gasteiger partial charge in [0.15, 0.2) is 17.5 Å². The van der Waals surface area contributed by atoms with E-state index >= 15 is 0 Å².